The van der Waals surface area contributed by atoms with Gasteiger partial charge in [-0.2, -0.15) is 0 Å². The zero-order valence-electron chi connectivity index (χ0n) is 12.7. The molecule has 0 unspecified atom stereocenters. The lowest BCUT2D eigenvalue weighted by Gasteiger charge is -2.28. The number of hydrogen-bond acceptors (Lipinski definition) is 2. The highest BCUT2D eigenvalue weighted by molar-refractivity contribution is 5.79. The quantitative estimate of drug-likeness (QED) is 0.831. The van der Waals surface area contributed by atoms with Crippen LogP contribution in [0.1, 0.15) is 44.1 Å². The van der Waals surface area contributed by atoms with Crippen molar-refractivity contribution in [1.82, 2.24) is 4.90 Å². The third-order valence-corrected chi connectivity index (χ3v) is 4.68. The molecule has 1 saturated carbocycles. The number of carbonyl (C=O) groups is 1. The molecule has 0 N–H and O–H groups in total. The Bertz CT molecular complexity index is 448. The van der Waals surface area contributed by atoms with E-state index >= 15 is 0 Å². The van der Waals surface area contributed by atoms with Gasteiger partial charge >= 0.3 is 0 Å². The fourth-order valence-corrected chi connectivity index (χ4v) is 3.50. The first-order chi connectivity index (χ1) is 10.3. The van der Waals surface area contributed by atoms with Gasteiger partial charge in [0.25, 0.3) is 0 Å². The molecule has 2 aliphatic rings. The number of carbonyl (C=O) groups excluding carboxylic acids is 1. The molecule has 1 amide bonds. The molecule has 1 aliphatic heterocycles. The van der Waals surface area contributed by atoms with Crippen LogP contribution >= 0.6 is 0 Å². The van der Waals surface area contributed by atoms with Gasteiger partial charge in [0.1, 0.15) is 0 Å². The van der Waals surface area contributed by atoms with Crippen LogP contribution in [0.25, 0.3) is 0 Å². The molecule has 1 atom stereocenters. The van der Waals surface area contributed by atoms with Gasteiger partial charge in [-0.05, 0) is 31.2 Å². The van der Waals surface area contributed by atoms with Crippen molar-refractivity contribution < 1.29 is 9.53 Å². The summed E-state index contributed by atoms with van der Waals surface area (Å²) in [5, 5.41) is 0. The van der Waals surface area contributed by atoms with Crippen molar-refractivity contribution in [1.29, 1.82) is 0 Å². The molecule has 114 valence electrons. The lowest BCUT2D eigenvalue weighted by Crippen LogP contribution is -2.39. The molecule has 3 nitrogen and oxygen atoms in total. The van der Waals surface area contributed by atoms with Gasteiger partial charge in [0, 0.05) is 25.6 Å². The molecule has 1 aromatic carbocycles. The summed E-state index contributed by atoms with van der Waals surface area (Å²) >= 11 is 0. The summed E-state index contributed by atoms with van der Waals surface area (Å²) in [5.41, 5.74) is 1.21. The van der Waals surface area contributed by atoms with Gasteiger partial charge < -0.3 is 9.64 Å². The fraction of sp³-hybridized carbons (Fsp3) is 0.611. The Morgan fingerprint density at radius 2 is 1.86 bits per heavy atom. The van der Waals surface area contributed by atoms with Gasteiger partial charge in [-0.3, -0.25) is 4.79 Å². The largest absolute Gasteiger partial charge is 0.376 e. The normalized spacial score (nSPS) is 22.6. The molecule has 1 aromatic rings. The van der Waals surface area contributed by atoms with Crippen LogP contribution in [-0.4, -0.2) is 30.1 Å². The summed E-state index contributed by atoms with van der Waals surface area (Å²) in [5.74, 6) is 0.585. The highest BCUT2D eigenvalue weighted by Crippen LogP contribution is 2.28. The molecular weight excluding hydrogens is 262 g/mol. The fourth-order valence-electron chi connectivity index (χ4n) is 3.50. The molecule has 0 aromatic heterocycles. The van der Waals surface area contributed by atoms with Gasteiger partial charge in [-0.1, -0.05) is 43.2 Å². The van der Waals surface area contributed by atoms with Crippen LogP contribution in [0, 0.1) is 5.92 Å². The molecule has 3 heteroatoms. The average Bonchev–Trinajstić information content (AvgIpc) is 3.20. The molecule has 1 aliphatic carbocycles. The third-order valence-electron chi connectivity index (χ3n) is 4.68. The molecular formula is C18H25NO2. The Hall–Kier alpha value is -1.35. The third kappa shape index (κ3) is 3.85. The van der Waals surface area contributed by atoms with E-state index in [4.69, 9.17) is 4.74 Å². The highest BCUT2D eigenvalue weighted by Gasteiger charge is 2.29. The predicted molar refractivity (Wildman–Crippen MR) is 82.8 cm³/mol. The summed E-state index contributed by atoms with van der Waals surface area (Å²) in [6.45, 7) is 2.32. The highest BCUT2D eigenvalue weighted by atomic mass is 16.5. The second-order valence-corrected chi connectivity index (χ2v) is 6.32. The van der Waals surface area contributed by atoms with Crippen molar-refractivity contribution in [2.75, 3.05) is 13.2 Å². The zero-order valence-corrected chi connectivity index (χ0v) is 12.7. The molecule has 1 saturated heterocycles. The summed E-state index contributed by atoms with van der Waals surface area (Å²) < 4.78 is 5.74. The van der Waals surface area contributed by atoms with Crippen molar-refractivity contribution >= 4 is 5.91 Å². The van der Waals surface area contributed by atoms with Crippen LogP contribution in [0.2, 0.25) is 0 Å². The maximum atomic E-state index is 12.8. The molecule has 0 bridgehead atoms. The first-order valence-corrected chi connectivity index (χ1v) is 8.27. The van der Waals surface area contributed by atoms with Crippen LogP contribution in [0.4, 0.5) is 0 Å². The van der Waals surface area contributed by atoms with E-state index in [9.17, 15) is 4.79 Å². The minimum atomic E-state index is 0.235. The van der Waals surface area contributed by atoms with Crippen molar-refractivity contribution in [2.45, 2.75) is 51.2 Å². The Labute approximate surface area is 127 Å². The maximum Gasteiger partial charge on any atom is 0.226 e. The number of amides is 1. The van der Waals surface area contributed by atoms with E-state index in [1.807, 2.05) is 23.1 Å². The molecule has 21 heavy (non-hydrogen) atoms. The lowest BCUT2D eigenvalue weighted by molar-refractivity contribution is -0.137. The number of ether oxygens (including phenoxy) is 1. The van der Waals surface area contributed by atoms with E-state index in [1.165, 1.54) is 18.4 Å². The Balaban J connectivity index is 1.68. The number of nitrogens with zero attached hydrogens (tertiary/aromatic N) is 1. The zero-order chi connectivity index (χ0) is 14.5. The standard InChI is InChI=1S/C18H25NO2/c20-18(16-9-4-5-10-16)19(14-17-11-6-12-21-17)13-15-7-2-1-3-8-15/h1-3,7-8,16-17H,4-6,9-14H2/t17-/m1/s1. The Morgan fingerprint density at radius 3 is 2.52 bits per heavy atom. The second kappa shape index (κ2) is 7.08. The molecule has 2 fully saturated rings. The Kier molecular flexibility index (Phi) is 4.91. The van der Waals surface area contributed by atoms with Crippen LogP contribution in [0.15, 0.2) is 30.3 Å². The van der Waals surface area contributed by atoms with Crippen LogP contribution in [-0.2, 0) is 16.1 Å². The lowest BCUT2D eigenvalue weighted by atomic mass is 10.1. The van der Waals surface area contributed by atoms with Crippen LogP contribution in [0.3, 0.4) is 0 Å². The molecule has 3 rings (SSSR count). The summed E-state index contributed by atoms with van der Waals surface area (Å²) in [6, 6.07) is 10.3. The molecule has 0 spiro atoms. The molecule has 0 radical (unpaired) electrons. The van der Waals surface area contributed by atoms with Gasteiger partial charge in [-0.25, -0.2) is 0 Å². The van der Waals surface area contributed by atoms with Gasteiger partial charge in [0.15, 0.2) is 0 Å². The van der Waals surface area contributed by atoms with Gasteiger partial charge in [0.2, 0.25) is 5.91 Å². The monoisotopic (exact) mass is 287 g/mol. The SMILES string of the molecule is O=C(C1CCCC1)N(Cc1ccccc1)C[C@H]1CCCO1. The number of hydrogen-bond donors (Lipinski definition) is 0. The van der Waals surface area contributed by atoms with E-state index in [0.717, 1.165) is 45.4 Å². The van der Waals surface area contributed by atoms with E-state index < -0.39 is 0 Å². The van der Waals surface area contributed by atoms with Crippen LogP contribution < -0.4 is 0 Å². The van der Waals surface area contributed by atoms with Crippen molar-refractivity contribution in [2.24, 2.45) is 5.92 Å². The van der Waals surface area contributed by atoms with E-state index in [0.29, 0.717) is 5.91 Å². The minimum absolute atomic E-state index is 0.235. The summed E-state index contributed by atoms with van der Waals surface area (Å²) in [6.07, 6.45) is 6.99. The number of rotatable bonds is 5. The minimum Gasteiger partial charge on any atom is -0.376 e. The van der Waals surface area contributed by atoms with E-state index in [2.05, 4.69) is 12.1 Å². The van der Waals surface area contributed by atoms with Crippen molar-refractivity contribution in [3.63, 3.8) is 0 Å². The van der Waals surface area contributed by atoms with Gasteiger partial charge in [-0.15, -0.1) is 0 Å². The topological polar surface area (TPSA) is 29.5 Å². The van der Waals surface area contributed by atoms with E-state index in [-0.39, 0.29) is 12.0 Å². The predicted octanol–water partition coefficient (Wildman–Crippen LogP) is 3.38. The van der Waals surface area contributed by atoms with Gasteiger partial charge in [0.05, 0.1) is 6.10 Å². The van der Waals surface area contributed by atoms with Crippen LogP contribution in [0.5, 0.6) is 0 Å². The Morgan fingerprint density at radius 1 is 1.10 bits per heavy atom. The summed E-state index contributed by atoms with van der Waals surface area (Å²) in [7, 11) is 0. The first kappa shape index (κ1) is 14.6. The van der Waals surface area contributed by atoms with E-state index in [1.54, 1.807) is 0 Å². The molecule has 1 heterocycles. The summed E-state index contributed by atoms with van der Waals surface area (Å²) in [4.78, 5) is 14.9. The second-order valence-electron chi connectivity index (χ2n) is 6.32. The first-order valence-electron chi connectivity index (χ1n) is 8.27. The maximum absolute atomic E-state index is 12.8. The van der Waals surface area contributed by atoms with Crippen molar-refractivity contribution in [3.05, 3.63) is 35.9 Å². The smallest absolute Gasteiger partial charge is 0.226 e. The number of benzene rings is 1. The average molecular weight is 287 g/mol. The van der Waals surface area contributed by atoms with Crippen molar-refractivity contribution in [3.8, 4) is 0 Å².